The van der Waals surface area contributed by atoms with Crippen molar-refractivity contribution in [3.8, 4) is 0 Å². The molecule has 1 aliphatic heterocycles. The number of hydrogen-bond donors (Lipinski definition) is 2. The second-order valence-electron chi connectivity index (χ2n) is 8.91. The summed E-state index contributed by atoms with van der Waals surface area (Å²) in [5.41, 5.74) is 0. The summed E-state index contributed by atoms with van der Waals surface area (Å²) in [6.45, 7) is 1.43. The SMILES string of the molecule is CO[C@@H]1C[C@@H](c2ncn[nH]2)N(C(=O)NCC2C3CC4CC(C3)CC2C4)C1. The summed E-state index contributed by atoms with van der Waals surface area (Å²) >= 11 is 0. The molecule has 1 aromatic heterocycles. The summed E-state index contributed by atoms with van der Waals surface area (Å²) in [6.07, 6.45) is 9.35. The van der Waals surface area contributed by atoms with Crippen molar-refractivity contribution in [2.45, 2.75) is 50.7 Å². The van der Waals surface area contributed by atoms with Gasteiger partial charge in [-0.25, -0.2) is 9.78 Å². The second kappa shape index (κ2) is 6.51. The number of aromatic amines is 1. The smallest absolute Gasteiger partial charge is 0.318 e. The third-order valence-electron chi connectivity index (χ3n) is 7.52. The van der Waals surface area contributed by atoms with Crippen LogP contribution >= 0.6 is 0 Å². The average Bonchev–Trinajstić information content (AvgIpc) is 3.29. The van der Waals surface area contributed by atoms with E-state index in [2.05, 4.69) is 20.5 Å². The van der Waals surface area contributed by atoms with Crippen molar-refractivity contribution in [1.29, 1.82) is 0 Å². The minimum Gasteiger partial charge on any atom is -0.380 e. The summed E-state index contributed by atoms with van der Waals surface area (Å²) in [4.78, 5) is 19.1. The molecule has 2 heterocycles. The maximum atomic E-state index is 12.9. The van der Waals surface area contributed by atoms with E-state index in [9.17, 15) is 4.79 Å². The van der Waals surface area contributed by atoms with Gasteiger partial charge in [0.1, 0.15) is 12.2 Å². The molecule has 0 unspecified atom stereocenters. The zero-order valence-electron chi connectivity index (χ0n) is 15.4. The highest BCUT2D eigenvalue weighted by Gasteiger charge is 2.48. The number of nitrogens with zero attached hydrogens (tertiary/aromatic N) is 3. The molecule has 1 aromatic rings. The zero-order chi connectivity index (χ0) is 17.7. The van der Waals surface area contributed by atoms with Crippen LogP contribution in [0.15, 0.2) is 6.33 Å². The molecular formula is C19H29N5O2. The van der Waals surface area contributed by atoms with E-state index < -0.39 is 0 Å². The molecule has 4 bridgehead atoms. The Bertz CT molecular complexity index is 620. The molecule has 4 saturated carbocycles. The third kappa shape index (κ3) is 2.80. The normalized spacial score (nSPS) is 41.0. The number of carbonyl (C=O) groups excluding carboxylic acids is 1. The predicted octanol–water partition coefficient (Wildman–Crippen LogP) is 2.35. The Kier molecular flexibility index (Phi) is 4.14. The molecule has 2 amide bonds. The molecule has 5 aliphatic rings. The Labute approximate surface area is 154 Å². The standard InChI is InChI=1S/C19H29N5O2/c1-26-15-7-17(18-21-10-22-23-18)24(9-15)19(25)20-8-16-13-3-11-2-12(5-13)6-14(16)4-11/h10-17H,2-9H2,1H3,(H,20,25)(H,21,22,23)/t11?,12?,13?,14?,15-,16?,17+/m1/s1. The highest BCUT2D eigenvalue weighted by Crippen LogP contribution is 2.56. The lowest BCUT2D eigenvalue weighted by molar-refractivity contribution is -0.0347. The van der Waals surface area contributed by atoms with Crippen LogP contribution in [0.2, 0.25) is 0 Å². The van der Waals surface area contributed by atoms with Crippen LogP contribution < -0.4 is 5.32 Å². The molecule has 7 heteroatoms. The minimum atomic E-state index is -0.0825. The van der Waals surface area contributed by atoms with Crippen molar-refractivity contribution in [2.24, 2.45) is 29.6 Å². The van der Waals surface area contributed by atoms with Crippen LogP contribution in [-0.2, 0) is 4.74 Å². The van der Waals surface area contributed by atoms with Crippen LogP contribution in [0.5, 0.6) is 0 Å². The maximum absolute atomic E-state index is 12.9. The number of nitrogens with one attached hydrogen (secondary N) is 2. The quantitative estimate of drug-likeness (QED) is 0.864. The number of H-pyrrole nitrogens is 1. The molecule has 7 nitrogen and oxygen atoms in total. The number of rotatable bonds is 4. The number of hydrogen-bond acceptors (Lipinski definition) is 4. The molecule has 0 radical (unpaired) electrons. The van der Waals surface area contributed by atoms with E-state index in [1.54, 1.807) is 7.11 Å². The summed E-state index contributed by atoms with van der Waals surface area (Å²) < 4.78 is 5.51. The van der Waals surface area contributed by atoms with Crippen LogP contribution in [0.25, 0.3) is 0 Å². The van der Waals surface area contributed by atoms with Gasteiger partial charge in [-0.1, -0.05) is 0 Å². The Morgan fingerprint density at radius 1 is 1.23 bits per heavy atom. The van der Waals surface area contributed by atoms with E-state index in [0.29, 0.717) is 12.5 Å². The van der Waals surface area contributed by atoms with Gasteiger partial charge in [0.15, 0.2) is 0 Å². The van der Waals surface area contributed by atoms with Gasteiger partial charge in [0, 0.05) is 26.6 Å². The van der Waals surface area contributed by atoms with E-state index >= 15 is 0 Å². The number of aromatic nitrogens is 3. The lowest BCUT2D eigenvalue weighted by atomic mass is 9.52. The molecule has 6 rings (SSSR count). The van der Waals surface area contributed by atoms with Gasteiger partial charge in [0.25, 0.3) is 0 Å². The van der Waals surface area contributed by atoms with Gasteiger partial charge in [0.2, 0.25) is 0 Å². The van der Waals surface area contributed by atoms with Crippen molar-refractivity contribution < 1.29 is 9.53 Å². The predicted molar refractivity (Wildman–Crippen MR) is 95.2 cm³/mol. The zero-order valence-corrected chi connectivity index (χ0v) is 15.4. The number of urea groups is 1. The Balaban J connectivity index is 1.23. The first kappa shape index (κ1) is 16.5. The van der Waals surface area contributed by atoms with Crippen molar-refractivity contribution in [1.82, 2.24) is 25.4 Å². The van der Waals surface area contributed by atoms with Gasteiger partial charge in [-0.3, -0.25) is 5.10 Å². The number of likely N-dealkylation sites (tertiary alicyclic amines) is 1. The Morgan fingerprint density at radius 3 is 2.58 bits per heavy atom. The van der Waals surface area contributed by atoms with E-state index in [-0.39, 0.29) is 18.2 Å². The highest BCUT2D eigenvalue weighted by atomic mass is 16.5. The molecule has 0 spiro atoms. The molecule has 5 fully saturated rings. The number of amides is 2. The molecule has 142 valence electrons. The van der Waals surface area contributed by atoms with Gasteiger partial charge in [0.05, 0.1) is 12.1 Å². The Hall–Kier alpha value is -1.63. The minimum absolute atomic E-state index is 0.0137. The maximum Gasteiger partial charge on any atom is 0.318 e. The Morgan fingerprint density at radius 2 is 1.96 bits per heavy atom. The van der Waals surface area contributed by atoms with Crippen molar-refractivity contribution in [2.75, 3.05) is 20.2 Å². The fraction of sp³-hybridized carbons (Fsp3) is 0.842. The molecular weight excluding hydrogens is 330 g/mol. The molecule has 1 saturated heterocycles. The number of ether oxygens (including phenoxy) is 1. The summed E-state index contributed by atoms with van der Waals surface area (Å²) in [5, 5.41) is 10.1. The van der Waals surface area contributed by atoms with Crippen LogP contribution in [0.3, 0.4) is 0 Å². The van der Waals surface area contributed by atoms with Gasteiger partial charge >= 0.3 is 6.03 Å². The van der Waals surface area contributed by atoms with Gasteiger partial charge in [-0.15, -0.1) is 0 Å². The first-order chi connectivity index (χ1) is 12.7. The lowest BCUT2D eigenvalue weighted by Gasteiger charge is -2.54. The van der Waals surface area contributed by atoms with Gasteiger partial charge in [-0.05, 0) is 61.7 Å². The van der Waals surface area contributed by atoms with Crippen LogP contribution in [0, 0.1) is 29.6 Å². The van der Waals surface area contributed by atoms with Crippen LogP contribution in [-0.4, -0.2) is 52.4 Å². The highest BCUT2D eigenvalue weighted by molar-refractivity contribution is 5.75. The molecule has 4 aliphatic carbocycles. The fourth-order valence-electron chi connectivity index (χ4n) is 6.51. The van der Waals surface area contributed by atoms with E-state index in [4.69, 9.17) is 4.74 Å². The number of carbonyl (C=O) groups is 1. The largest absolute Gasteiger partial charge is 0.380 e. The molecule has 2 atom stereocenters. The average molecular weight is 359 g/mol. The molecule has 2 N–H and O–H groups in total. The van der Waals surface area contributed by atoms with Crippen LogP contribution in [0.4, 0.5) is 4.79 Å². The summed E-state index contributed by atoms with van der Waals surface area (Å²) in [5.74, 6) is 5.04. The van der Waals surface area contributed by atoms with Crippen molar-refractivity contribution in [3.05, 3.63) is 12.2 Å². The topological polar surface area (TPSA) is 83.1 Å². The third-order valence-corrected chi connectivity index (χ3v) is 7.52. The fourth-order valence-corrected chi connectivity index (χ4v) is 6.51. The van der Waals surface area contributed by atoms with Gasteiger partial charge < -0.3 is 15.0 Å². The molecule has 26 heavy (non-hydrogen) atoms. The van der Waals surface area contributed by atoms with Crippen molar-refractivity contribution in [3.63, 3.8) is 0 Å². The van der Waals surface area contributed by atoms with E-state index in [1.807, 2.05) is 4.90 Å². The van der Waals surface area contributed by atoms with Crippen LogP contribution in [0.1, 0.15) is 50.4 Å². The second-order valence-corrected chi connectivity index (χ2v) is 8.91. The first-order valence-corrected chi connectivity index (χ1v) is 10.1. The van der Waals surface area contributed by atoms with Gasteiger partial charge in [-0.2, -0.15) is 5.10 Å². The summed E-state index contributed by atoms with van der Waals surface area (Å²) in [6, 6.07) is -0.0688. The molecule has 0 aromatic carbocycles. The van der Waals surface area contributed by atoms with Crippen molar-refractivity contribution >= 4 is 6.03 Å². The van der Waals surface area contributed by atoms with E-state index in [1.165, 1.54) is 38.4 Å². The van der Waals surface area contributed by atoms with E-state index in [0.717, 1.165) is 42.5 Å². The first-order valence-electron chi connectivity index (χ1n) is 10.1. The lowest BCUT2D eigenvalue weighted by Crippen LogP contribution is -2.50. The monoisotopic (exact) mass is 359 g/mol. The number of methoxy groups -OCH3 is 1. The summed E-state index contributed by atoms with van der Waals surface area (Å²) in [7, 11) is 1.71.